The number of piperidine rings is 1. The standard InChI is InChI=1S/C13H17FN2O2.ClH/c1-18-12-7-9(4-5-11(12)14)13(17)16-10-3-2-6-15-8-10;/h4-5,7,10,15H,2-3,6,8H2,1H3,(H,16,17);1H. The minimum absolute atomic E-state index is 0. The van der Waals surface area contributed by atoms with Crippen molar-refractivity contribution in [1.82, 2.24) is 10.6 Å². The van der Waals surface area contributed by atoms with Crippen LogP contribution in [0, 0.1) is 5.82 Å². The van der Waals surface area contributed by atoms with Gasteiger partial charge in [0, 0.05) is 18.2 Å². The zero-order valence-corrected chi connectivity index (χ0v) is 11.6. The quantitative estimate of drug-likeness (QED) is 0.891. The molecule has 1 saturated heterocycles. The molecule has 1 unspecified atom stereocenters. The second-order valence-electron chi connectivity index (χ2n) is 4.37. The van der Waals surface area contributed by atoms with E-state index in [4.69, 9.17) is 4.74 Å². The first-order chi connectivity index (χ1) is 8.70. The van der Waals surface area contributed by atoms with Crippen molar-refractivity contribution in [3.63, 3.8) is 0 Å². The van der Waals surface area contributed by atoms with E-state index in [1.54, 1.807) is 0 Å². The first-order valence-electron chi connectivity index (χ1n) is 6.06. The number of rotatable bonds is 3. The van der Waals surface area contributed by atoms with Crippen molar-refractivity contribution in [2.45, 2.75) is 18.9 Å². The van der Waals surface area contributed by atoms with Gasteiger partial charge < -0.3 is 15.4 Å². The maximum Gasteiger partial charge on any atom is 0.251 e. The van der Waals surface area contributed by atoms with Gasteiger partial charge in [-0.1, -0.05) is 0 Å². The third kappa shape index (κ3) is 4.08. The van der Waals surface area contributed by atoms with Crippen molar-refractivity contribution >= 4 is 18.3 Å². The zero-order valence-electron chi connectivity index (χ0n) is 10.7. The van der Waals surface area contributed by atoms with Crippen molar-refractivity contribution in [1.29, 1.82) is 0 Å². The summed E-state index contributed by atoms with van der Waals surface area (Å²) in [6, 6.07) is 4.26. The maximum atomic E-state index is 13.2. The molecule has 1 aliphatic rings. The topological polar surface area (TPSA) is 50.4 Å². The fraction of sp³-hybridized carbons (Fsp3) is 0.462. The SMILES string of the molecule is COc1cc(C(=O)NC2CCCNC2)ccc1F.Cl. The number of hydrogen-bond acceptors (Lipinski definition) is 3. The van der Waals surface area contributed by atoms with Crippen LogP contribution in [0.1, 0.15) is 23.2 Å². The highest BCUT2D eigenvalue weighted by molar-refractivity contribution is 5.94. The predicted octanol–water partition coefficient (Wildman–Crippen LogP) is 1.74. The summed E-state index contributed by atoms with van der Waals surface area (Å²) in [6.45, 7) is 1.78. The molecule has 1 aliphatic heterocycles. The van der Waals surface area contributed by atoms with Crippen LogP contribution < -0.4 is 15.4 Å². The Morgan fingerprint density at radius 1 is 1.53 bits per heavy atom. The lowest BCUT2D eigenvalue weighted by Crippen LogP contribution is -2.45. The fourth-order valence-corrected chi connectivity index (χ4v) is 2.04. The van der Waals surface area contributed by atoms with E-state index in [-0.39, 0.29) is 30.1 Å². The van der Waals surface area contributed by atoms with Crippen LogP contribution in [0.25, 0.3) is 0 Å². The van der Waals surface area contributed by atoms with Crippen LogP contribution in [0.4, 0.5) is 4.39 Å². The molecule has 1 fully saturated rings. The average Bonchev–Trinajstić information content (AvgIpc) is 2.40. The van der Waals surface area contributed by atoms with Gasteiger partial charge >= 0.3 is 0 Å². The van der Waals surface area contributed by atoms with Crippen molar-refractivity contribution < 1.29 is 13.9 Å². The normalized spacial score (nSPS) is 18.3. The summed E-state index contributed by atoms with van der Waals surface area (Å²) in [4.78, 5) is 12.0. The third-order valence-corrected chi connectivity index (χ3v) is 3.05. The molecule has 106 valence electrons. The Morgan fingerprint density at radius 3 is 2.95 bits per heavy atom. The molecule has 0 saturated carbocycles. The van der Waals surface area contributed by atoms with Crippen LogP contribution in [-0.4, -0.2) is 32.1 Å². The molecule has 0 aliphatic carbocycles. The largest absolute Gasteiger partial charge is 0.494 e. The molecule has 1 amide bonds. The van der Waals surface area contributed by atoms with Crippen LogP contribution in [0.15, 0.2) is 18.2 Å². The molecule has 4 nitrogen and oxygen atoms in total. The van der Waals surface area contributed by atoms with Crippen LogP contribution in [0.3, 0.4) is 0 Å². The number of nitrogens with one attached hydrogen (secondary N) is 2. The average molecular weight is 289 g/mol. The number of carbonyl (C=O) groups excluding carboxylic acids is 1. The zero-order chi connectivity index (χ0) is 13.0. The lowest BCUT2D eigenvalue weighted by atomic mass is 10.1. The van der Waals surface area contributed by atoms with Crippen LogP contribution >= 0.6 is 12.4 Å². The first kappa shape index (κ1) is 15.7. The molecule has 2 N–H and O–H groups in total. The highest BCUT2D eigenvalue weighted by Gasteiger charge is 2.17. The van der Waals surface area contributed by atoms with Crippen LogP contribution in [0.2, 0.25) is 0 Å². The monoisotopic (exact) mass is 288 g/mol. The second kappa shape index (κ2) is 7.31. The summed E-state index contributed by atoms with van der Waals surface area (Å²) in [6.07, 6.45) is 2.02. The lowest BCUT2D eigenvalue weighted by Gasteiger charge is -2.23. The van der Waals surface area contributed by atoms with Gasteiger partial charge in [0.25, 0.3) is 5.91 Å². The number of hydrogen-bond donors (Lipinski definition) is 2. The molecular weight excluding hydrogens is 271 g/mol. The number of ether oxygens (including phenoxy) is 1. The molecule has 1 heterocycles. The minimum Gasteiger partial charge on any atom is -0.494 e. The Kier molecular flexibility index (Phi) is 6.05. The van der Waals surface area contributed by atoms with Gasteiger partial charge in [-0.25, -0.2) is 4.39 Å². The molecule has 0 radical (unpaired) electrons. The summed E-state index contributed by atoms with van der Waals surface area (Å²) < 4.78 is 18.1. The van der Waals surface area contributed by atoms with E-state index in [0.717, 1.165) is 25.9 Å². The van der Waals surface area contributed by atoms with E-state index in [2.05, 4.69) is 10.6 Å². The molecular formula is C13H18ClFN2O2. The van der Waals surface area contributed by atoms with Crippen molar-refractivity contribution in [2.24, 2.45) is 0 Å². The van der Waals surface area contributed by atoms with Crippen molar-refractivity contribution in [2.75, 3.05) is 20.2 Å². The summed E-state index contributed by atoms with van der Waals surface area (Å²) in [5.74, 6) is -0.570. The van der Waals surface area contributed by atoms with E-state index >= 15 is 0 Å². The van der Waals surface area contributed by atoms with Gasteiger partial charge in [-0.05, 0) is 37.6 Å². The predicted molar refractivity (Wildman–Crippen MR) is 73.6 cm³/mol. The van der Waals surface area contributed by atoms with Gasteiger partial charge in [0.05, 0.1) is 7.11 Å². The molecule has 2 rings (SSSR count). The molecule has 0 aromatic heterocycles. The fourth-order valence-electron chi connectivity index (χ4n) is 2.04. The van der Waals surface area contributed by atoms with Crippen LogP contribution in [0.5, 0.6) is 5.75 Å². The maximum absolute atomic E-state index is 13.2. The summed E-state index contributed by atoms with van der Waals surface area (Å²) >= 11 is 0. The number of amides is 1. The van der Waals surface area contributed by atoms with Crippen molar-refractivity contribution in [3.8, 4) is 5.75 Å². The highest BCUT2D eigenvalue weighted by Crippen LogP contribution is 2.18. The number of methoxy groups -OCH3 is 1. The third-order valence-electron chi connectivity index (χ3n) is 3.05. The number of halogens is 2. The summed E-state index contributed by atoms with van der Waals surface area (Å²) in [5, 5.41) is 6.15. The van der Waals surface area contributed by atoms with Crippen molar-refractivity contribution in [3.05, 3.63) is 29.6 Å². The molecule has 0 spiro atoms. The Labute approximate surface area is 118 Å². The minimum atomic E-state index is -0.464. The Balaban J connectivity index is 0.00000180. The van der Waals surface area contributed by atoms with E-state index in [1.807, 2.05) is 0 Å². The Morgan fingerprint density at radius 2 is 2.32 bits per heavy atom. The van der Waals surface area contributed by atoms with Gasteiger partial charge in [-0.3, -0.25) is 4.79 Å². The van der Waals surface area contributed by atoms with E-state index in [1.165, 1.54) is 25.3 Å². The van der Waals surface area contributed by atoms with Gasteiger partial charge in [0.2, 0.25) is 0 Å². The molecule has 1 atom stereocenters. The molecule has 19 heavy (non-hydrogen) atoms. The highest BCUT2D eigenvalue weighted by atomic mass is 35.5. The van der Waals surface area contributed by atoms with Gasteiger partial charge in [0.1, 0.15) is 0 Å². The molecule has 1 aromatic rings. The molecule has 0 bridgehead atoms. The van der Waals surface area contributed by atoms with Gasteiger partial charge in [-0.2, -0.15) is 0 Å². The number of benzene rings is 1. The van der Waals surface area contributed by atoms with Crippen LogP contribution in [-0.2, 0) is 0 Å². The summed E-state index contributed by atoms with van der Waals surface area (Å²) in [7, 11) is 1.38. The Hall–Kier alpha value is -1.33. The van der Waals surface area contributed by atoms with E-state index < -0.39 is 5.82 Å². The van der Waals surface area contributed by atoms with Gasteiger partial charge in [-0.15, -0.1) is 12.4 Å². The van der Waals surface area contributed by atoms with E-state index in [0.29, 0.717) is 5.56 Å². The Bertz CT molecular complexity index is 437. The molecule has 6 heteroatoms. The lowest BCUT2D eigenvalue weighted by molar-refractivity contribution is 0.0930. The van der Waals surface area contributed by atoms with Gasteiger partial charge in [0.15, 0.2) is 11.6 Å². The smallest absolute Gasteiger partial charge is 0.251 e. The summed E-state index contributed by atoms with van der Waals surface area (Å²) in [5.41, 5.74) is 0.416. The number of carbonyl (C=O) groups is 1. The molecule has 1 aromatic carbocycles. The first-order valence-corrected chi connectivity index (χ1v) is 6.06. The second-order valence-corrected chi connectivity index (χ2v) is 4.37. The van der Waals surface area contributed by atoms with E-state index in [9.17, 15) is 9.18 Å².